The molecule has 0 bridgehead atoms. The van der Waals surface area contributed by atoms with Crippen LogP contribution in [0.3, 0.4) is 0 Å². The van der Waals surface area contributed by atoms with Crippen LogP contribution in [-0.4, -0.2) is 44.1 Å². The number of carbonyl (C=O) groups is 1. The van der Waals surface area contributed by atoms with E-state index in [9.17, 15) is 13.2 Å². The summed E-state index contributed by atoms with van der Waals surface area (Å²) in [7, 11) is -3.46. The van der Waals surface area contributed by atoms with Gasteiger partial charge in [-0.25, -0.2) is 17.9 Å². The summed E-state index contributed by atoms with van der Waals surface area (Å²) in [5.74, 6) is -0.0567. The van der Waals surface area contributed by atoms with Crippen molar-refractivity contribution in [1.82, 2.24) is 9.62 Å². The van der Waals surface area contributed by atoms with Gasteiger partial charge in [0.05, 0.1) is 5.75 Å². The molecule has 0 aromatic heterocycles. The van der Waals surface area contributed by atoms with Crippen molar-refractivity contribution in [2.24, 2.45) is 0 Å². The Bertz CT molecular complexity index is 710. The maximum Gasteiger partial charge on any atom is 0.410 e. The third-order valence-corrected chi connectivity index (χ3v) is 5.45. The zero-order valence-corrected chi connectivity index (χ0v) is 16.2. The Morgan fingerprint density at radius 2 is 2.00 bits per heavy atom. The molecule has 1 fully saturated rings. The number of nitrogens with one attached hydrogen (secondary N) is 1. The number of nitrogens with zero attached hydrogens (tertiary/aromatic N) is 1. The summed E-state index contributed by atoms with van der Waals surface area (Å²) in [6.07, 6.45) is 1.24. The molecular weight excluding hydrogens is 340 g/mol. The van der Waals surface area contributed by atoms with Gasteiger partial charge < -0.3 is 9.64 Å². The van der Waals surface area contributed by atoms with Gasteiger partial charge in [-0.1, -0.05) is 24.3 Å². The topological polar surface area (TPSA) is 75.7 Å². The van der Waals surface area contributed by atoms with Crippen molar-refractivity contribution in [2.75, 3.05) is 13.1 Å². The zero-order valence-electron chi connectivity index (χ0n) is 15.4. The Hall–Kier alpha value is -1.60. The highest BCUT2D eigenvalue weighted by Gasteiger charge is 2.32. The highest BCUT2D eigenvalue weighted by Crippen LogP contribution is 2.21. The minimum atomic E-state index is -3.46. The number of hydrogen-bond acceptors (Lipinski definition) is 4. The van der Waals surface area contributed by atoms with Gasteiger partial charge in [0.15, 0.2) is 0 Å². The molecular formula is C18H28N2O4S. The predicted molar refractivity (Wildman–Crippen MR) is 97.8 cm³/mol. The minimum Gasteiger partial charge on any atom is -0.444 e. The van der Waals surface area contributed by atoms with Crippen LogP contribution in [0.4, 0.5) is 4.79 Å². The number of aryl methyl sites for hydroxylation is 1. The second-order valence-corrected chi connectivity index (χ2v) is 9.31. The van der Waals surface area contributed by atoms with Crippen LogP contribution in [0.1, 0.15) is 44.7 Å². The monoisotopic (exact) mass is 368 g/mol. The lowest BCUT2D eigenvalue weighted by atomic mass is 10.1. The number of rotatable bonds is 5. The maximum atomic E-state index is 12.4. The van der Waals surface area contributed by atoms with Gasteiger partial charge in [-0.3, -0.25) is 0 Å². The van der Waals surface area contributed by atoms with E-state index in [1.165, 1.54) is 0 Å². The minimum absolute atomic E-state index is 0.0567. The largest absolute Gasteiger partial charge is 0.444 e. The molecule has 1 aromatic rings. The fraction of sp³-hybridized carbons (Fsp3) is 0.611. The molecule has 2 rings (SSSR count). The second kappa shape index (κ2) is 7.74. The van der Waals surface area contributed by atoms with Crippen molar-refractivity contribution in [3.8, 4) is 0 Å². The van der Waals surface area contributed by atoms with Crippen molar-refractivity contribution in [3.63, 3.8) is 0 Å². The Kier molecular flexibility index (Phi) is 6.11. The lowest BCUT2D eigenvalue weighted by Crippen LogP contribution is -2.45. The van der Waals surface area contributed by atoms with Crippen LogP contribution in [0.5, 0.6) is 0 Å². The Balaban J connectivity index is 1.95. The third kappa shape index (κ3) is 6.01. The molecule has 0 aliphatic carbocycles. The van der Waals surface area contributed by atoms with Crippen molar-refractivity contribution >= 4 is 16.1 Å². The van der Waals surface area contributed by atoms with Gasteiger partial charge in [0, 0.05) is 19.1 Å². The first-order chi connectivity index (χ1) is 11.6. The van der Waals surface area contributed by atoms with Gasteiger partial charge in [-0.15, -0.1) is 0 Å². The molecule has 1 aliphatic rings. The molecule has 0 unspecified atom stereocenters. The summed E-state index contributed by atoms with van der Waals surface area (Å²) in [6.45, 7) is 8.17. The molecule has 1 saturated heterocycles. The van der Waals surface area contributed by atoms with E-state index in [-0.39, 0.29) is 24.4 Å². The Morgan fingerprint density at radius 3 is 2.64 bits per heavy atom. The first-order valence-electron chi connectivity index (χ1n) is 8.59. The molecule has 140 valence electrons. The molecule has 0 spiro atoms. The standard InChI is InChI=1S/C18H28N2O4S/c1-14-8-5-6-9-15(14)13-25(22,23)19-12-16-10-7-11-20(16)17(21)24-18(2,3)4/h5-6,8-9,16,19H,7,10-13H2,1-4H3/t16-/m1/s1. The number of sulfonamides is 1. The van der Waals surface area contributed by atoms with E-state index in [1.807, 2.05) is 52.0 Å². The molecule has 1 atom stereocenters. The van der Waals surface area contributed by atoms with E-state index in [0.717, 1.165) is 24.0 Å². The van der Waals surface area contributed by atoms with Crippen LogP contribution in [0.15, 0.2) is 24.3 Å². The van der Waals surface area contributed by atoms with Gasteiger partial charge >= 0.3 is 6.09 Å². The van der Waals surface area contributed by atoms with E-state index in [2.05, 4.69) is 4.72 Å². The van der Waals surface area contributed by atoms with Crippen LogP contribution in [-0.2, 0) is 20.5 Å². The van der Waals surface area contributed by atoms with Crippen LogP contribution >= 0.6 is 0 Å². The van der Waals surface area contributed by atoms with E-state index in [1.54, 1.807) is 4.90 Å². The molecule has 1 heterocycles. The summed E-state index contributed by atoms with van der Waals surface area (Å²) in [6, 6.07) is 7.26. The highest BCUT2D eigenvalue weighted by atomic mass is 32.2. The fourth-order valence-electron chi connectivity index (χ4n) is 2.86. The zero-order chi connectivity index (χ0) is 18.7. The summed E-state index contributed by atoms with van der Waals surface area (Å²) < 4.78 is 32.8. The smallest absolute Gasteiger partial charge is 0.410 e. The van der Waals surface area contributed by atoms with Crippen LogP contribution < -0.4 is 4.72 Å². The Labute approximate surface area is 150 Å². The summed E-state index contributed by atoms with van der Waals surface area (Å²) >= 11 is 0. The number of hydrogen-bond donors (Lipinski definition) is 1. The Morgan fingerprint density at radius 1 is 1.32 bits per heavy atom. The van der Waals surface area contributed by atoms with Crippen LogP contribution in [0.25, 0.3) is 0 Å². The summed E-state index contributed by atoms with van der Waals surface area (Å²) in [5.41, 5.74) is 1.17. The molecule has 1 amide bonds. The lowest BCUT2D eigenvalue weighted by molar-refractivity contribution is 0.0229. The van der Waals surface area contributed by atoms with E-state index < -0.39 is 15.6 Å². The number of ether oxygens (including phenoxy) is 1. The molecule has 25 heavy (non-hydrogen) atoms. The molecule has 0 saturated carbocycles. The fourth-order valence-corrected chi connectivity index (χ4v) is 4.14. The quantitative estimate of drug-likeness (QED) is 0.867. The average molecular weight is 368 g/mol. The van der Waals surface area contributed by atoms with Crippen molar-refractivity contribution in [1.29, 1.82) is 0 Å². The number of benzene rings is 1. The lowest BCUT2D eigenvalue weighted by Gasteiger charge is -2.28. The van der Waals surface area contributed by atoms with E-state index >= 15 is 0 Å². The molecule has 1 aromatic carbocycles. The molecule has 6 nitrogen and oxygen atoms in total. The molecule has 1 aliphatic heterocycles. The highest BCUT2D eigenvalue weighted by molar-refractivity contribution is 7.88. The average Bonchev–Trinajstić information content (AvgIpc) is 2.94. The van der Waals surface area contributed by atoms with Crippen molar-refractivity contribution < 1.29 is 17.9 Å². The first kappa shape index (κ1) is 19.7. The van der Waals surface area contributed by atoms with Crippen LogP contribution in [0, 0.1) is 6.92 Å². The molecule has 7 heteroatoms. The predicted octanol–water partition coefficient (Wildman–Crippen LogP) is 2.81. The van der Waals surface area contributed by atoms with Gasteiger partial charge in [0.25, 0.3) is 0 Å². The van der Waals surface area contributed by atoms with Gasteiger partial charge in [-0.2, -0.15) is 0 Å². The van der Waals surface area contributed by atoms with Crippen LogP contribution in [0.2, 0.25) is 0 Å². The summed E-state index contributed by atoms with van der Waals surface area (Å²) in [4.78, 5) is 13.9. The second-order valence-electron chi connectivity index (χ2n) is 7.50. The first-order valence-corrected chi connectivity index (χ1v) is 10.2. The van der Waals surface area contributed by atoms with Gasteiger partial charge in [-0.05, 0) is 51.7 Å². The van der Waals surface area contributed by atoms with Crippen molar-refractivity contribution in [2.45, 2.75) is 57.9 Å². The van der Waals surface area contributed by atoms with E-state index in [4.69, 9.17) is 4.74 Å². The molecule has 1 N–H and O–H groups in total. The van der Waals surface area contributed by atoms with Gasteiger partial charge in [0.2, 0.25) is 10.0 Å². The third-order valence-electron chi connectivity index (χ3n) is 4.15. The van der Waals surface area contributed by atoms with Crippen molar-refractivity contribution in [3.05, 3.63) is 35.4 Å². The molecule has 0 radical (unpaired) electrons. The SMILES string of the molecule is Cc1ccccc1CS(=O)(=O)NC[C@H]1CCCN1C(=O)OC(C)(C)C. The summed E-state index contributed by atoms with van der Waals surface area (Å²) in [5, 5.41) is 0. The number of carbonyl (C=O) groups excluding carboxylic acids is 1. The van der Waals surface area contributed by atoms with E-state index in [0.29, 0.717) is 6.54 Å². The van der Waals surface area contributed by atoms with Gasteiger partial charge in [0.1, 0.15) is 5.60 Å². The maximum absolute atomic E-state index is 12.4. The number of amides is 1. The normalized spacial score (nSPS) is 18.4. The number of likely N-dealkylation sites (tertiary alicyclic amines) is 1.